The number of carbonyl (C=O) groups is 2. The van der Waals surface area contributed by atoms with Gasteiger partial charge in [0.2, 0.25) is 5.91 Å². The van der Waals surface area contributed by atoms with Crippen LogP contribution in [0, 0.1) is 5.92 Å². The molecule has 200 valence electrons. The molecule has 11 heteroatoms. The van der Waals surface area contributed by atoms with Crippen molar-refractivity contribution in [3.8, 4) is 5.75 Å². The SMILES string of the molecule is CC1CCN(C(=O)CNC(=O)c2ccc(S(=O)(=O)N(Oc3ccc(Cl)cc3Cl)c3ccccc3)cc2)CC1. The lowest BCUT2D eigenvalue weighted by Gasteiger charge is -2.30. The van der Waals surface area contributed by atoms with E-state index in [9.17, 15) is 18.0 Å². The molecule has 0 radical (unpaired) electrons. The van der Waals surface area contributed by atoms with E-state index in [-0.39, 0.29) is 39.4 Å². The van der Waals surface area contributed by atoms with Crippen LogP contribution in [0.3, 0.4) is 0 Å². The Hall–Kier alpha value is -3.27. The predicted molar refractivity (Wildman–Crippen MR) is 147 cm³/mol. The number of piperidine rings is 1. The minimum absolute atomic E-state index is 0.0901. The molecule has 0 spiro atoms. The Morgan fingerprint density at radius 1 is 1.00 bits per heavy atom. The first-order valence-corrected chi connectivity index (χ1v) is 14.2. The van der Waals surface area contributed by atoms with Gasteiger partial charge in [-0.05, 0) is 73.4 Å². The van der Waals surface area contributed by atoms with Crippen molar-refractivity contribution >= 4 is 50.7 Å². The number of hydrogen-bond acceptors (Lipinski definition) is 5. The highest BCUT2D eigenvalue weighted by Gasteiger charge is 2.28. The number of likely N-dealkylation sites (tertiary alicyclic amines) is 1. The zero-order chi connectivity index (χ0) is 27.3. The molecule has 1 aliphatic heterocycles. The standard InChI is InChI=1S/C27H27Cl2N3O5S/c1-19-13-15-31(16-14-19)26(33)18-30-27(34)20-7-10-23(11-8-20)38(35,36)32(22-5-3-2-4-6-22)37-25-12-9-21(28)17-24(25)29/h2-12,17,19H,13-16,18H2,1H3,(H,30,34). The first-order chi connectivity index (χ1) is 18.1. The summed E-state index contributed by atoms with van der Waals surface area (Å²) in [5.74, 6) is 0.0693. The van der Waals surface area contributed by atoms with E-state index < -0.39 is 15.9 Å². The lowest BCUT2D eigenvalue weighted by molar-refractivity contribution is -0.131. The third-order valence-electron chi connectivity index (χ3n) is 6.21. The van der Waals surface area contributed by atoms with Crippen molar-refractivity contribution in [1.29, 1.82) is 0 Å². The minimum Gasteiger partial charge on any atom is -0.363 e. The molecule has 3 aromatic rings. The number of hydrogen-bond donors (Lipinski definition) is 1. The number of rotatable bonds is 8. The highest BCUT2D eigenvalue weighted by atomic mass is 35.5. The molecular weight excluding hydrogens is 549 g/mol. The summed E-state index contributed by atoms with van der Waals surface area (Å²) in [6, 6.07) is 18.0. The van der Waals surface area contributed by atoms with Gasteiger partial charge in [-0.3, -0.25) is 9.59 Å². The van der Waals surface area contributed by atoms with E-state index in [1.54, 1.807) is 35.2 Å². The van der Waals surface area contributed by atoms with Gasteiger partial charge >= 0.3 is 0 Å². The van der Waals surface area contributed by atoms with Gasteiger partial charge in [0.05, 0.1) is 22.2 Å². The molecule has 8 nitrogen and oxygen atoms in total. The van der Waals surface area contributed by atoms with Gasteiger partial charge < -0.3 is 15.1 Å². The summed E-state index contributed by atoms with van der Waals surface area (Å²) in [4.78, 5) is 32.4. The number of benzene rings is 3. The van der Waals surface area contributed by atoms with Crippen LogP contribution in [0.2, 0.25) is 10.0 Å². The van der Waals surface area contributed by atoms with E-state index in [1.807, 2.05) is 0 Å². The van der Waals surface area contributed by atoms with Crippen LogP contribution in [0.15, 0.2) is 77.7 Å². The topological polar surface area (TPSA) is 96.0 Å². The average molecular weight is 577 g/mol. The molecule has 3 aromatic carbocycles. The summed E-state index contributed by atoms with van der Waals surface area (Å²) >= 11 is 12.2. The van der Waals surface area contributed by atoms with Crippen LogP contribution in [-0.4, -0.2) is 44.8 Å². The molecule has 4 rings (SSSR count). The van der Waals surface area contributed by atoms with Gasteiger partial charge in [-0.1, -0.05) is 52.8 Å². The van der Waals surface area contributed by atoms with Gasteiger partial charge in [-0.15, -0.1) is 0 Å². The average Bonchev–Trinajstić information content (AvgIpc) is 2.92. The van der Waals surface area contributed by atoms with Gasteiger partial charge in [0, 0.05) is 23.7 Å². The first kappa shape index (κ1) is 27.8. The van der Waals surface area contributed by atoms with E-state index in [0.29, 0.717) is 24.0 Å². The fourth-order valence-corrected chi connectivity index (χ4v) is 5.62. The fourth-order valence-electron chi connectivity index (χ4n) is 3.93. The summed E-state index contributed by atoms with van der Waals surface area (Å²) in [7, 11) is -4.24. The van der Waals surface area contributed by atoms with Crippen molar-refractivity contribution in [2.24, 2.45) is 5.92 Å². The van der Waals surface area contributed by atoms with Crippen molar-refractivity contribution < 1.29 is 22.8 Å². The van der Waals surface area contributed by atoms with Crippen LogP contribution in [0.1, 0.15) is 30.1 Å². The van der Waals surface area contributed by atoms with Crippen molar-refractivity contribution in [3.05, 3.63) is 88.4 Å². The minimum atomic E-state index is -4.24. The Balaban J connectivity index is 1.49. The number of para-hydroxylation sites is 1. The van der Waals surface area contributed by atoms with Gasteiger partial charge in [0.25, 0.3) is 15.9 Å². The van der Waals surface area contributed by atoms with E-state index in [4.69, 9.17) is 28.0 Å². The van der Waals surface area contributed by atoms with Gasteiger partial charge in [-0.2, -0.15) is 8.42 Å². The van der Waals surface area contributed by atoms with E-state index in [0.717, 1.165) is 17.3 Å². The molecule has 2 amide bonds. The molecule has 1 heterocycles. The van der Waals surface area contributed by atoms with Crippen LogP contribution >= 0.6 is 23.2 Å². The Labute approximate surface area is 232 Å². The van der Waals surface area contributed by atoms with Gasteiger partial charge in [0.15, 0.2) is 5.75 Å². The maximum Gasteiger partial charge on any atom is 0.295 e. The van der Waals surface area contributed by atoms with Crippen molar-refractivity contribution in [3.63, 3.8) is 0 Å². The largest absolute Gasteiger partial charge is 0.363 e. The quantitative estimate of drug-likeness (QED) is 0.374. The lowest BCUT2D eigenvalue weighted by atomic mass is 9.99. The molecule has 0 saturated carbocycles. The molecular formula is C27H27Cl2N3O5S. The monoisotopic (exact) mass is 575 g/mol. The van der Waals surface area contributed by atoms with Crippen LogP contribution in [0.5, 0.6) is 5.75 Å². The predicted octanol–water partition coefficient (Wildman–Crippen LogP) is 5.17. The third kappa shape index (κ3) is 6.59. The summed E-state index contributed by atoms with van der Waals surface area (Å²) in [5.41, 5.74) is 0.461. The number of anilines is 1. The molecule has 1 saturated heterocycles. The van der Waals surface area contributed by atoms with Gasteiger partial charge in [-0.25, -0.2) is 0 Å². The van der Waals surface area contributed by atoms with Crippen LogP contribution in [-0.2, 0) is 14.8 Å². The van der Waals surface area contributed by atoms with Gasteiger partial charge in [0.1, 0.15) is 0 Å². The summed E-state index contributed by atoms with van der Waals surface area (Å²) < 4.78 is 27.9. The van der Waals surface area contributed by atoms with Crippen LogP contribution < -0.4 is 14.6 Å². The normalized spacial score (nSPS) is 14.1. The lowest BCUT2D eigenvalue weighted by Crippen LogP contribution is -2.43. The van der Waals surface area contributed by atoms with E-state index in [1.165, 1.54) is 42.5 Å². The number of halogens is 2. The maximum absolute atomic E-state index is 13.6. The number of nitrogens with zero attached hydrogens (tertiary/aromatic N) is 2. The van der Waals surface area contributed by atoms with Crippen LogP contribution in [0.4, 0.5) is 5.69 Å². The second kappa shape index (κ2) is 12.1. The second-order valence-electron chi connectivity index (χ2n) is 9.00. The maximum atomic E-state index is 13.6. The van der Waals surface area contributed by atoms with Crippen molar-refractivity contribution in [1.82, 2.24) is 10.2 Å². The van der Waals surface area contributed by atoms with E-state index >= 15 is 0 Å². The Bertz CT molecular complexity index is 1390. The number of carbonyl (C=O) groups excluding carboxylic acids is 2. The molecule has 38 heavy (non-hydrogen) atoms. The van der Waals surface area contributed by atoms with E-state index in [2.05, 4.69) is 12.2 Å². The Morgan fingerprint density at radius 3 is 2.29 bits per heavy atom. The molecule has 1 N–H and O–H groups in total. The number of sulfonamides is 1. The zero-order valence-electron chi connectivity index (χ0n) is 20.6. The molecule has 0 unspecified atom stereocenters. The molecule has 1 fully saturated rings. The summed E-state index contributed by atoms with van der Waals surface area (Å²) in [6.07, 6.45) is 1.90. The fraction of sp³-hybridized carbons (Fsp3) is 0.259. The van der Waals surface area contributed by atoms with Crippen LogP contribution in [0.25, 0.3) is 0 Å². The molecule has 0 atom stereocenters. The molecule has 0 aliphatic carbocycles. The van der Waals surface area contributed by atoms with Crippen molar-refractivity contribution in [2.75, 3.05) is 24.1 Å². The number of nitrogens with one attached hydrogen (secondary N) is 1. The highest BCUT2D eigenvalue weighted by Crippen LogP contribution is 2.32. The third-order valence-corrected chi connectivity index (χ3v) is 8.33. The smallest absolute Gasteiger partial charge is 0.295 e. The molecule has 1 aliphatic rings. The van der Waals surface area contributed by atoms with Crippen molar-refractivity contribution in [2.45, 2.75) is 24.7 Å². The second-order valence-corrected chi connectivity index (χ2v) is 11.6. The molecule has 0 bridgehead atoms. The first-order valence-electron chi connectivity index (χ1n) is 12.0. The Morgan fingerprint density at radius 2 is 1.66 bits per heavy atom. The molecule has 0 aromatic heterocycles. The zero-order valence-corrected chi connectivity index (χ0v) is 23.0. The highest BCUT2D eigenvalue weighted by molar-refractivity contribution is 7.92. The summed E-state index contributed by atoms with van der Waals surface area (Å²) in [5, 5.41) is 3.12. The Kier molecular flexibility index (Phi) is 8.81. The summed E-state index contributed by atoms with van der Waals surface area (Å²) in [6.45, 7) is 3.41. The number of amides is 2.